The zero-order valence-corrected chi connectivity index (χ0v) is 28.6. The highest BCUT2D eigenvalue weighted by molar-refractivity contribution is 7.33. The molecule has 0 atom stereocenters. The molecule has 224 valence electrons. The summed E-state index contributed by atoms with van der Waals surface area (Å²) in [6.07, 6.45) is 17.5. The molecule has 0 radical (unpaired) electrons. The third-order valence-corrected chi connectivity index (χ3v) is 12.4. The second-order valence-corrected chi connectivity index (χ2v) is 15.1. The van der Waals surface area contributed by atoms with Crippen molar-refractivity contribution in [2.45, 2.75) is 90.9 Å². The van der Waals surface area contributed by atoms with E-state index in [0.29, 0.717) is 0 Å². The molecule has 0 saturated carbocycles. The van der Waals surface area contributed by atoms with Crippen molar-refractivity contribution < 1.29 is 0 Å². The normalized spacial score (nSPS) is 11.8. The van der Waals surface area contributed by atoms with E-state index in [9.17, 15) is 10.5 Å². The van der Waals surface area contributed by atoms with Crippen LogP contribution in [0.3, 0.4) is 0 Å². The van der Waals surface area contributed by atoms with Gasteiger partial charge in [0.2, 0.25) is 0 Å². The molecule has 0 amide bonds. The van der Waals surface area contributed by atoms with Crippen LogP contribution in [0.2, 0.25) is 0 Å². The zero-order chi connectivity index (χ0) is 31.3. The molecule has 0 aliphatic heterocycles. The van der Waals surface area contributed by atoms with E-state index in [1.165, 1.54) is 91.4 Å². The number of nitriles is 2. The van der Waals surface area contributed by atoms with E-state index in [1.807, 2.05) is 12.1 Å². The van der Waals surface area contributed by atoms with Gasteiger partial charge in [-0.2, -0.15) is 0 Å². The van der Waals surface area contributed by atoms with Gasteiger partial charge in [0.05, 0.1) is 25.3 Å². The molecule has 8 heteroatoms. The van der Waals surface area contributed by atoms with Gasteiger partial charge in [-0.3, -0.25) is 0 Å². The molecule has 0 spiro atoms. The van der Waals surface area contributed by atoms with E-state index in [4.69, 9.17) is 13.1 Å². The summed E-state index contributed by atoms with van der Waals surface area (Å²) in [6, 6.07) is 13.1. The first-order chi connectivity index (χ1) is 21.5. The summed E-state index contributed by atoms with van der Waals surface area (Å²) in [7, 11) is 0. The number of thiophene rings is 4. The predicted molar refractivity (Wildman–Crippen MR) is 192 cm³/mol. The van der Waals surface area contributed by atoms with Crippen molar-refractivity contribution in [1.82, 2.24) is 0 Å². The minimum atomic E-state index is 0.131. The first-order valence-corrected chi connectivity index (χ1v) is 18.6. The van der Waals surface area contributed by atoms with Crippen molar-refractivity contribution in [3.63, 3.8) is 0 Å². The molecule has 4 heterocycles. The number of allylic oxidation sites excluding steroid dienone is 2. The Kier molecular flexibility index (Phi) is 13.0. The topological polar surface area (TPSA) is 56.3 Å². The number of hydrogen-bond donors (Lipinski definition) is 0. The van der Waals surface area contributed by atoms with Crippen LogP contribution in [0.25, 0.3) is 50.8 Å². The van der Waals surface area contributed by atoms with Crippen LogP contribution >= 0.6 is 45.3 Å². The molecular formula is C36H36N4S4. The highest BCUT2D eigenvalue weighted by atomic mass is 32.1. The Hall–Kier alpha value is -3.50. The minimum Gasteiger partial charge on any atom is -0.227 e. The number of aryl methyl sites for hydroxylation is 2. The molecule has 44 heavy (non-hydrogen) atoms. The fourth-order valence-electron chi connectivity index (χ4n) is 5.11. The maximum atomic E-state index is 9.37. The molecule has 0 unspecified atom stereocenters. The highest BCUT2D eigenvalue weighted by Gasteiger charge is 2.17. The first kappa shape index (κ1) is 33.4. The van der Waals surface area contributed by atoms with Crippen molar-refractivity contribution >= 4 is 66.9 Å². The largest absolute Gasteiger partial charge is 0.263 e. The summed E-state index contributed by atoms with van der Waals surface area (Å²) in [6.45, 7) is 19.1. The Morgan fingerprint density at radius 1 is 0.614 bits per heavy atom. The number of fused-ring (bicyclic) bond motifs is 1. The van der Waals surface area contributed by atoms with E-state index < -0.39 is 0 Å². The molecular weight excluding hydrogens is 617 g/mol. The van der Waals surface area contributed by atoms with E-state index in [-0.39, 0.29) is 11.4 Å². The van der Waals surface area contributed by atoms with Crippen molar-refractivity contribution in [3.05, 3.63) is 79.4 Å². The maximum absolute atomic E-state index is 9.37. The van der Waals surface area contributed by atoms with E-state index in [0.717, 1.165) is 35.4 Å². The smallest absolute Gasteiger partial charge is 0.227 e. The van der Waals surface area contributed by atoms with Crippen LogP contribution in [0.1, 0.15) is 98.9 Å². The van der Waals surface area contributed by atoms with Gasteiger partial charge < -0.3 is 0 Å². The van der Waals surface area contributed by atoms with Crippen LogP contribution in [0.4, 0.5) is 0 Å². The summed E-state index contributed by atoms with van der Waals surface area (Å²) < 4.78 is 2.49. The summed E-state index contributed by atoms with van der Waals surface area (Å²) in [4.78, 5) is 13.7. The Bertz CT molecular complexity index is 1610. The van der Waals surface area contributed by atoms with Gasteiger partial charge in [-0.15, -0.1) is 45.3 Å². The lowest BCUT2D eigenvalue weighted by atomic mass is 10.1. The fraction of sp³-hybridized carbons (Fsp3) is 0.389. The molecule has 0 fully saturated rings. The molecule has 4 rings (SSSR count). The van der Waals surface area contributed by atoms with Gasteiger partial charge in [0.25, 0.3) is 11.4 Å². The lowest BCUT2D eigenvalue weighted by Gasteiger charge is -2.01. The average Bonchev–Trinajstić information content (AvgIpc) is 3.81. The Morgan fingerprint density at radius 3 is 1.36 bits per heavy atom. The van der Waals surface area contributed by atoms with Crippen molar-refractivity contribution in [2.24, 2.45) is 0 Å². The van der Waals surface area contributed by atoms with Crippen LogP contribution in [-0.4, -0.2) is 0 Å². The molecule has 4 aromatic rings. The maximum Gasteiger partial charge on any atom is 0.263 e. The summed E-state index contributed by atoms with van der Waals surface area (Å²) >= 11 is 6.93. The third kappa shape index (κ3) is 8.79. The number of unbranched alkanes of at least 4 members (excludes halogenated alkanes) is 8. The first-order valence-electron chi connectivity index (χ1n) is 15.3. The molecule has 0 aliphatic carbocycles. The van der Waals surface area contributed by atoms with E-state index >= 15 is 0 Å². The molecule has 4 aromatic heterocycles. The van der Waals surface area contributed by atoms with Crippen LogP contribution in [0.15, 0.2) is 35.7 Å². The van der Waals surface area contributed by atoms with Gasteiger partial charge in [0, 0.05) is 38.7 Å². The molecule has 4 nitrogen and oxygen atoms in total. The monoisotopic (exact) mass is 652 g/mol. The Labute approximate surface area is 277 Å². The second kappa shape index (κ2) is 17.1. The van der Waals surface area contributed by atoms with Gasteiger partial charge >= 0.3 is 0 Å². The van der Waals surface area contributed by atoms with Crippen LogP contribution in [0, 0.1) is 35.8 Å². The van der Waals surface area contributed by atoms with Crippen LogP contribution in [0.5, 0.6) is 0 Å². The summed E-state index contributed by atoms with van der Waals surface area (Å²) in [5, 5.41) is 18.7. The van der Waals surface area contributed by atoms with E-state index in [1.54, 1.807) is 57.5 Å². The SMILES string of the molecule is [C-]#[N+]/C(C#N)=C\c1sc(-c2cc3sc(-c4cc(CCCCCCC)c(/C=C(\C#N)[N+]#[C-])s4)cc3s2)cc1CCCCCCC. The van der Waals surface area contributed by atoms with Crippen LogP contribution < -0.4 is 0 Å². The van der Waals surface area contributed by atoms with Crippen molar-refractivity contribution in [3.8, 4) is 31.6 Å². The predicted octanol–water partition coefficient (Wildman–Crippen LogP) is 13.0. The molecule has 0 aliphatic rings. The van der Waals surface area contributed by atoms with Crippen molar-refractivity contribution in [1.29, 1.82) is 10.5 Å². The second-order valence-electron chi connectivity index (χ2n) is 10.8. The lowest BCUT2D eigenvalue weighted by molar-refractivity contribution is 0.632. The molecule has 0 N–H and O–H groups in total. The quantitative estimate of drug-likeness (QED) is 0.0687. The number of nitrogens with zero attached hydrogens (tertiary/aromatic N) is 4. The molecule has 0 aromatic carbocycles. The summed E-state index contributed by atoms with van der Waals surface area (Å²) in [5.74, 6) is 0. The number of hydrogen-bond acceptors (Lipinski definition) is 6. The van der Waals surface area contributed by atoms with E-state index in [2.05, 4.69) is 47.8 Å². The lowest BCUT2D eigenvalue weighted by Crippen LogP contribution is -1.86. The standard InChI is InChI=1S/C36H36N4S4/c1-5-7-9-11-13-15-25-17-31(41-29(25)19-27(23-37)39-3)33-21-35-36(43-33)22-34(44-35)32-18-26(16-14-12-10-8-6-2)30(42-32)20-28(24-38)40-4/h17-22H,5-16H2,1-2H3/b27-19-,28-20+. The van der Waals surface area contributed by atoms with Crippen molar-refractivity contribution in [2.75, 3.05) is 0 Å². The molecule has 0 saturated heterocycles. The van der Waals surface area contributed by atoms with Gasteiger partial charge in [-0.1, -0.05) is 65.2 Å². The van der Waals surface area contributed by atoms with Gasteiger partial charge in [-0.25, -0.2) is 20.2 Å². The van der Waals surface area contributed by atoms with Gasteiger partial charge in [-0.05, 0) is 73.2 Å². The highest BCUT2D eigenvalue weighted by Crippen LogP contribution is 2.46. The average molecular weight is 653 g/mol. The van der Waals surface area contributed by atoms with Gasteiger partial charge in [0.15, 0.2) is 0 Å². The number of rotatable bonds is 16. The van der Waals surface area contributed by atoms with Crippen LogP contribution in [-0.2, 0) is 12.8 Å². The fourth-order valence-corrected chi connectivity index (χ4v) is 9.95. The minimum absolute atomic E-state index is 0.131. The zero-order valence-electron chi connectivity index (χ0n) is 25.4. The molecule has 0 bridgehead atoms. The van der Waals surface area contributed by atoms with Gasteiger partial charge in [0.1, 0.15) is 0 Å². The Morgan fingerprint density at radius 2 is 1.00 bits per heavy atom. The Balaban J connectivity index is 1.60. The third-order valence-electron chi connectivity index (χ3n) is 7.48. The summed E-state index contributed by atoms with van der Waals surface area (Å²) in [5.41, 5.74) is 2.72.